The second-order valence-corrected chi connectivity index (χ2v) is 11.2. The minimum atomic E-state index is -3.36. The number of benzene rings is 1. The Balaban J connectivity index is 1.43. The first-order valence-corrected chi connectivity index (χ1v) is 13.6. The van der Waals surface area contributed by atoms with Gasteiger partial charge in [0.25, 0.3) is 5.91 Å². The van der Waals surface area contributed by atoms with Crippen LogP contribution in [0.4, 0.5) is 11.5 Å². The molecule has 36 heavy (non-hydrogen) atoms. The lowest BCUT2D eigenvalue weighted by Gasteiger charge is -2.36. The van der Waals surface area contributed by atoms with E-state index in [1.165, 1.54) is 30.5 Å². The second kappa shape index (κ2) is 10.3. The standard InChI is InChI=1S/C24H27ClN6O4S/c1-16-12-17(2)31(28-16)15-22(32)29-8-10-30(11-9-29)23-21(13-19(25)14-26-23)27-24(33)18-4-6-20(7-5-18)36(3,34)35/h4-7,12-14H,8-11,15H2,1-3H3,(H,27,33). The molecule has 190 valence electrons. The largest absolute Gasteiger partial charge is 0.351 e. The van der Waals surface area contributed by atoms with Crippen molar-refractivity contribution < 1.29 is 18.0 Å². The minimum Gasteiger partial charge on any atom is -0.351 e. The molecule has 0 unspecified atom stereocenters. The van der Waals surface area contributed by atoms with Crippen LogP contribution in [-0.2, 0) is 21.2 Å². The predicted molar refractivity (Wildman–Crippen MR) is 137 cm³/mol. The van der Waals surface area contributed by atoms with Crippen molar-refractivity contribution in [3.8, 4) is 0 Å². The van der Waals surface area contributed by atoms with Gasteiger partial charge in [-0.05, 0) is 50.2 Å². The molecule has 1 aliphatic rings. The van der Waals surface area contributed by atoms with Crippen LogP contribution in [-0.4, -0.2) is 72.3 Å². The Morgan fingerprint density at radius 1 is 1.06 bits per heavy atom. The van der Waals surface area contributed by atoms with Crippen LogP contribution in [0.5, 0.6) is 0 Å². The molecule has 3 heterocycles. The molecule has 1 aromatic carbocycles. The average molecular weight is 531 g/mol. The molecule has 0 bridgehead atoms. The number of aromatic nitrogens is 3. The van der Waals surface area contributed by atoms with Gasteiger partial charge in [0.2, 0.25) is 5.91 Å². The van der Waals surface area contributed by atoms with Gasteiger partial charge in [-0.2, -0.15) is 5.10 Å². The number of rotatable bonds is 6. The number of aryl methyl sites for hydroxylation is 2. The van der Waals surface area contributed by atoms with Gasteiger partial charge < -0.3 is 15.1 Å². The van der Waals surface area contributed by atoms with Crippen LogP contribution in [0.3, 0.4) is 0 Å². The molecule has 0 radical (unpaired) electrons. The number of carbonyl (C=O) groups excluding carboxylic acids is 2. The molecular weight excluding hydrogens is 504 g/mol. The monoisotopic (exact) mass is 530 g/mol. The van der Waals surface area contributed by atoms with Crippen molar-refractivity contribution in [2.45, 2.75) is 25.3 Å². The summed E-state index contributed by atoms with van der Waals surface area (Å²) in [4.78, 5) is 34.0. The molecule has 2 amide bonds. The smallest absolute Gasteiger partial charge is 0.255 e. The van der Waals surface area contributed by atoms with Crippen molar-refractivity contribution in [2.24, 2.45) is 0 Å². The number of nitrogens with zero attached hydrogens (tertiary/aromatic N) is 5. The molecule has 12 heteroatoms. The zero-order valence-corrected chi connectivity index (χ0v) is 21.8. The number of piperazine rings is 1. The van der Waals surface area contributed by atoms with E-state index in [1.807, 2.05) is 24.8 Å². The Bertz CT molecular complexity index is 1400. The first kappa shape index (κ1) is 25.6. The van der Waals surface area contributed by atoms with E-state index in [0.29, 0.717) is 48.3 Å². The van der Waals surface area contributed by atoms with Crippen molar-refractivity contribution in [3.63, 3.8) is 0 Å². The molecule has 3 aromatic rings. The Kier molecular flexibility index (Phi) is 7.32. The third-order valence-corrected chi connectivity index (χ3v) is 7.28. The van der Waals surface area contributed by atoms with Crippen LogP contribution in [0.15, 0.2) is 47.5 Å². The van der Waals surface area contributed by atoms with Gasteiger partial charge in [-0.25, -0.2) is 13.4 Å². The molecule has 2 aromatic heterocycles. The minimum absolute atomic E-state index is 0.00372. The maximum Gasteiger partial charge on any atom is 0.255 e. The van der Waals surface area contributed by atoms with Crippen molar-refractivity contribution in [1.82, 2.24) is 19.7 Å². The van der Waals surface area contributed by atoms with E-state index in [9.17, 15) is 18.0 Å². The second-order valence-electron chi connectivity index (χ2n) is 8.73. The summed E-state index contributed by atoms with van der Waals surface area (Å²) in [6.07, 6.45) is 2.62. The zero-order valence-electron chi connectivity index (χ0n) is 20.2. The maximum atomic E-state index is 12.9. The van der Waals surface area contributed by atoms with Gasteiger partial charge in [0, 0.05) is 49.9 Å². The number of halogens is 1. The normalized spacial score (nSPS) is 14.1. The summed E-state index contributed by atoms with van der Waals surface area (Å²) in [5, 5.41) is 7.55. The first-order chi connectivity index (χ1) is 17.0. The van der Waals surface area contributed by atoms with Crippen LogP contribution in [0.1, 0.15) is 21.7 Å². The van der Waals surface area contributed by atoms with Gasteiger partial charge in [-0.1, -0.05) is 11.6 Å². The molecule has 4 rings (SSSR count). The molecule has 1 saturated heterocycles. The van der Waals surface area contributed by atoms with Crippen LogP contribution >= 0.6 is 11.6 Å². The number of sulfone groups is 1. The van der Waals surface area contributed by atoms with Gasteiger partial charge >= 0.3 is 0 Å². The lowest BCUT2D eigenvalue weighted by Crippen LogP contribution is -2.50. The molecule has 0 spiro atoms. The van der Waals surface area contributed by atoms with E-state index in [2.05, 4.69) is 15.4 Å². The fourth-order valence-corrected chi connectivity index (χ4v) is 4.84. The van der Waals surface area contributed by atoms with E-state index in [4.69, 9.17) is 11.6 Å². The topological polar surface area (TPSA) is 117 Å². The van der Waals surface area contributed by atoms with Crippen LogP contribution in [0.25, 0.3) is 0 Å². The Morgan fingerprint density at radius 3 is 2.31 bits per heavy atom. The summed E-state index contributed by atoms with van der Waals surface area (Å²) < 4.78 is 25.1. The Morgan fingerprint density at radius 2 is 1.72 bits per heavy atom. The van der Waals surface area contributed by atoms with E-state index in [0.717, 1.165) is 17.6 Å². The number of amides is 2. The summed E-state index contributed by atoms with van der Waals surface area (Å²) in [7, 11) is -3.36. The Hall–Kier alpha value is -3.44. The summed E-state index contributed by atoms with van der Waals surface area (Å²) in [6.45, 7) is 6.08. The van der Waals surface area contributed by atoms with E-state index < -0.39 is 15.7 Å². The molecular formula is C24H27ClN6O4S. The van der Waals surface area contributed by atoms with Crippen molar-refractivity contribution in [3.05, 3.63) is 64.6 Å². The highest BCUT2D eigenvalue weighted by Crippen LogP contribution is 2.28. The number of hydrogen-bond donors (Lipinski definition) is 1. The molecule has 0 saturated carbocycles. The van der Waals surface area contributed by atoms with E-state index in [1.54, 1.807) is 15.6 Å². The predicted octanol–water partition coefficient (Wildman–Crippen LogP) is 2.55. The van der Waals surface area contributed by atoms with Crippen molar-refractivity contribution in [2.75, 3.05) is 42.7 Å². The highest BCUT2D eigenvalue weighted by Gasteiger charge is 2.25. The SMILES string of the molecule is Cc1cc(C)n(CC(=O)N2CCN(c3ncc(Cl)cc3NC(=O)c3ccc(S(C)(=O)=O)cc3)CC2)n1. The summed E-state index contributed by atoms with van der Waals surface area (Å²) >= 11 is 6.15. The Labute approximate surface area is 214 Å². The summed E-state index contributed by atoms with van der Waals surface area (Å²) in [5.41, 5.74) is 2.55. The fourth-order valence-electron chi connectivity index (χ4n) is 4.05. The number of hydrogen-bond acceptors (Lipinski definition) is 7. The summed E-state index contributed by atoms with van der Waals surface area (Å²) in [6, 6.07) is 9.25. The van der Waals surface area contributed by atoms with Gasteiger partial charge in [0.05, 0.1) is 21.3 Å². The number of anilines is 2. The highest BCUT2D eigenvalue weighted by molar-refractivity contribution is 7.90. The van der Waals surface area contributed by atoms with E-state index in [-0.39, 0.29) is 17.3 Å². The zero-order chi connectivity index (χ0) is 26.0. The summed E-state index contributed by atoms with van der Waals surface area (Å²) in [5.74, 6) is 0.126. The van der Waals surface area contributed by atoms with Crippen LogP contribution < -0.4 is 10.2 Å². The molecule has 10 nitrogen and oxygen atoms in total. The van der Waals surface area contributed by atoms with Crippen molar-refractivity contribution in [1.29, 1.82) is 0 Å². The van der Waals surface area contributed by atoms with Crippen LogP contribution in [0, 0.1) is 13.8 Å². The molecule has 1 fully saturated rings. The van der Waals surface area contributed by atoms with Gasteiger partial charge in [0.1, 0.15) is 6.54 Å². The lowest BCUT2D eigenvalue weighted by atomic mass is 10.2. The molecule has 0 atom stereocenters. The quantitative estimate of drug-likeness (QED) is 0.520. The third kappa shape index (κ3) is 5.85. The number of carbonyl (C=O) groups is 2. The molecule has 0 aliphatic carbocycles. The van der Waals surface area contributed by atoms with Gasteiger partial charge in [-0.15, -0.1) is 0 Å². The number of pyridine rings is 1. The first-order valence-electron chi connectivity index (χ1n) is 11.3. The molecule has 1 N–H and O–H groups in total. The molecule has 1 aliphatic heterocycles. The fraction of sp³-hybridized carbons (Fsp3) is 0.333. The number of nitrogens with one attached hydrogen (secondary N) is 1. The highest BCUT2D eigenvalue weighted by atomic mass is 35.5. The average Bonchev–Trinajstić information content (AvgIpc) is 3.15. The maximum absolute atomic E-state index is 12.9. The van der Waals surface area contributed by atoms with Crippen molar-refractivity contribution >= 4 is 44.8 Å². The third-order valence-electron chi connectivity index (χ3n) is 5.95. The lowest BCUT2D eigenvalue weighted by molar-refractivity contribution is -0.132. The van der Waals surface area contributed by atoms with Gasteiger partial charge in [-0.3, -0.25) is 14.3 Å². The van der Waals surface area contributed by atoms with E-state index >= 15 is 0 Å². The van der Waals surface area contributed by atoms with Gasteiger partial charge in [0.15, 0.2) is 15.7 Å². The van der Waals surface area contributed by atoms with Crippen LogP contribution in [0.2, 0.25) is 5.02 Å².